The van der Waals surface area contributed by atoms with E-state index < -0.39 is 0 Å². The van der Waals surface area contributed by atoms with E-state index in [1.807, 2.05) is 0 Å². The summed E-state index contributed by atoms with van der Waals surface area (Å²) in [7, 11) is 0. The third kappa shape index (κ3) is 2.19. The van der Waals surface area contributed by atoms with Crippen LogP contribution >= 0.6 is 0 Å². The molecule has 0 radical (unpaired) electrons. The highest BCUT2D eigenvalue weighted by molar-refractivity contribution is 5.20. The molecule has 1 heterocycles. The van der Waals surface area contributed by atoms with Gasteiger partial charge in [-0.25, -0.2) is 0 Å². The Morgan fingerprint density at radius 2 is 1.89 bits per heavy atom. The summed E-state index contributed by atoms with van der Waals surface area (Å²) in [6.45, 7) is 2.13. The first-order valence-electron chi connectivity index (χ1n) is 7.41. The van der Waals surface area contributed by atoms with Crippen molar-refractivity contribution in [3.05, 3.63) is 35.9 Å². The number of nitrogens with two attached hydrogens (primary N) is 1. The van der Waals surface area contributed by atoms with Crippen molar-refractivity contribution in [2.24, 2.45) is 11.7 Å². The van der Waals surface area contributed by atoms with E-state index in [1.54, 1.807) is 0 Å². The maximum atomic E-state index is 5.95. The maximum absolute atomic E-state index is 5.95. The Bertz CT molecular complexity index is 376. The number of likely N-dealkylation sites (tertiary alicyclic amines) is 1. The second-order valence-electron chi connectivity index (χ2n) is 5.80. The fourth-order valence-electron chi connectivity index (χ4n) is 3.95. The van der Waals surface area contributed by atoms with Crippen molar-refractivity contribution < 1.29 is 0 Å². The summed E-state index contributed by atoms with van der Waals surface area (Å²) >= 11 is 0. The Kier molecular flexibility index (Phi) is 3.67. The lowest BCUT2D eigenvalue weighted by Gasteiger charge is -2.34. The smallest absolute Gasteiger partial charge is 0.0351 e. The zero-order valence-corrected chi connectivity index (χ0v) is 11.1. The molecule has 1 saturated carbocycles. The van der Waals surface area contributed by atoms with Gasteiger partial charge in [0.2, 0.25) is 0 Å². The third-order valence-corrected chi connectivity index (χ3v) is 4.83. The van der Waals surface area contributed by atoms with Gasteiger partial charge in [-0.2, -0.15) is 0 Å². The molecule has 2 heteroatoms. The van der Waals surface area contributed by atoms with Crippen LogP contribution in [0.3, 0.4) is 0 Å². The lowest BCUT2D eigenvalue weighted by atomic mass is 9.98. The molecule has 1 aromatic rings. The first-order valence-corrected chi connectivity index (χ1v) is 7.41. The SMILES string of the molecule is NCC1CCCC1N1CCCC1c1ccccc1. The standard InChI is InChI=1S/C16H24N2/c17-12-14-8-4-9-16(14)18-11-5-10-15(18)13-6-2-1-3-7-13/h1-3,6-7,14-16H,4-5,8-12,17H2. The van der Waals surface area contributed by atoms with Crippen molar-refractivity contribution in [2.75, 3.05) is 13.1 Å². The molecule has 0 spiro atoms. The van der Waals surface area contributed by atoms with E-state index in [4.69, 9.17) is 5.73 Å². The minimum absolute atomic E-state index is 0.642. The average Bonchev–Trinajstić information content (AvgIpc) is 3.07. The molecule has 3 unspecified atom stereocenters. The highest BCUT2D eigenvalue weighted by atomic mass is 15.2. The molecule has 1 aromatic carbocycles. The normalized spacial score (nSPS) is 33.1. The Morgan fingerprint density at radius 1 is 1.06 bits per heavy atom. The average molecular weight is 244 g/mol. The van der Waals surface area contributed by atoms with Gasteiger partial charge in [0.25, 0.3) is 0 Å². The molecule has 2 nitrogen and oxygen atoms in total. The van der Waals surface area contributed by atoms with Crippen LogP contribution in [0.2, 0.25) is 0 Å². The molecular weight excluding hydrogens is 220 g/mol. The molecule has 3 atom stereocenters. The summed E-state index contributed by atoms with van der Waals surface area (Å²) in [6, 6.07) is 12.4. The molecule has 1 saturated heterocycles. The van der Waals surface area contributed by atoms with Crippen molar-refractivity contribution in [1.29, 1.82) is 0 Å². The van der Waals surface area contributed by atoms with Crippen LogP contribution < -0.4 is 5.73 Å². The van der Waals surface area contributed by atoms with E-state index in [9.17, 15) is 0 Å². The summed E-state index contributed by atoms with van der Waals surface area (Å²) in [6.07, 6.45) is 6.71. The number of benzene rings is 1. The number of nitrogens with zero attached hydrogens (tertiary/aromatic N) is 1. The van der Waals surface area contributed by atoms with Gasteiger partial charge in [0.15, 0.2) is 0 Å². The highest BCUT2D eigenvalue weighted by Crippen LogP contribution is 2.40. The Balaban J connectivity index is 1.79. The first-order chi connectivity index (χ1) is 8.90. The van der Waals surface area contributed by atoms with Crippen molar-refractivity contribution in [2.45, 2.75) is 44.2 Å². The summed E-state index contributed by atoms with van der Waals surface area (Å²) in [4.78, 5) is 2.75. The van der Waals surface area contributed by atoms with Crippen LogP contribution in [0.25, 0.3) is 0 Å². The van der Waals surface area contributed by atoms with Gasteiger partial charge in [-0.3, -0.25) is 4.90 Å². The summed E-state index contributed by atoms with van der Waals surface area (Å²) < 4.78 is 0. The predicted octanol–water partition coefficient (Wildman–Crippen LogP) is 2.95. The van der Waals surface area contributed by atoms with Gasteiger partial charge in [-0.15, -0.1) is 0 Å². The van der Waals surface area contributed by atoms with E-state index in [2.05, 4.69) is 35.2 Å². The van der Waals surface area contributed by atoms with Crippen molar-refractivity contribution in [3.8, 4) is 0 Å². The van der Waals surface area contributed by atoms with Gasteiger partial charge < -0.3 is 5.73 Å². The predicted molar refractivity (Wildman–Crippen MR) is 75.3 cm³/mol. The largest absolute Gasteiger partial charge is 0.330 e. The summed E-state index contributed by atoms with van der Waals surface area (Å²) in [5, 5.41) is 0. The maximum Gasteiger partial charge on any atom is 0.0351 e. The lowest BCUT2D eigenvalue weighted by Crippen LogP contribution is -2.39. The van der Waals surface area contributed by atoms with Crippen LogP contribution in [0.4, 0.5) is 0 Å². The van der Waals surface area contributed by atoms with Gasteiger partial charge in [0.05, 0.1) is 0 Å². The molecule has 2 fully saturated rings. The van der Waals surface area contributed by atoms with Crippen LogP contribution in [0.5, 0.6) is 0 Å². The van der Waals surface area contributed by atoms with Gasteiger partial charge in [-0.1, -0.05) is 36.8 Å². The molecule has 0 amide bonds. The van der Waals surface area contributed by atoms with E-state index in [1.165, 1.54) is 44.2 Å². The van der Waals surface area contributed by atoms with Crippen molar-refractivity contribution in [1.82, 2.24) is 4.90 Å². The van der Waals surface area contributed by atoms with Gasteiger partial charge >= 0.3 is 0 Å². The molecular formula is C16H24N2. The Labute approximate surface area is 110 Å². The molecule has 18 heavy (non-hydrogen) atoms. The number of rotatable bonds is 3. The summed E-state index contributed by atoms with van der Waals surface area (Å²) in [5.74, 6) is 0.731. The fourth-order valence-corrected chi connectivity index (χ4v) is 3.95. The number of hydrogen-bond acceptors (Lipinski definition) is 2. The van der Waals surface area contributed by atoms with E-state index >= 15 is 0 Å². The summed E-state index contributed by atoms with van der Waals surface area (Å²) in [5.41, 5.74) is 7.45. The number of hydrogen-bond donors (Lipinski definition) is 1. The van der Waals surface area contributed by atoms with E-state index in [-0.39, 0.29) is 0 Å². The molecule has 1 aliphatic carbocycles. The zero-order valence-electron chi connectivity index (χ0n) is 11.1. The van der Waals surface area contributed by atoms with Gasteiger partial charge in [-0.05, 0) is 50.3 Å². The van der Waals surface area contributed by atoms with Gasteiger partial charge in [0, 0.05) is 12.1 Å². The minimum Gasteiger partial charge on any atom is -0.330 e. The molecule has 98 valence electrons. The van der Waals surface area contributed by atoms with E-state index in [0.29, 0.717) is 6.04 Å². The Morgan fingerprint density at radius 3 is 2.67 bits per heavy atom. The Hall–Kier alpha value is -0.860. The highest BCUT2D eigenvalue weighted by Gasteiger charge is 2.37. The third-order valence-electron chi connectivity index (χ3n) is 4.83. The molecule has 2 N–H and O–H groups in total. The molecule has 0 bridgehead atoms. The topological polar surface area (TPSA) is 29.3 Å². The first kappa shape index (κ1) is 12.2. The monoisotopic (exact) mass is 244 g/mol. The van der Waals surface area contributed by atoms with E-state index in [0.717, 1.165) is 18.5 Å². The van der Waals surface area contributed by atoms with Crippen LogP contribution in [-0.4, -0.2) is 24.0 Å². The molecule has 2 aliphatic rings. The van der Waals surface area contributed by atoms with Crippen LogP contribution in [-0.2, 0) is 0 Å². The lowest BCUT2D eigenvalue weighted by molar-refractivity contribution is 0.147. The zero-order chi connectivity index (χ0) is 12.4. The second-order valence-corrected chi connectivity index (χ2v) is 5.80. The van der Waals surface area contributed by atoms with Gasteiger partial charge in [0.1, 0.15) is 0 Å². The van der Waals surface area contributed by atoms with Crippen molar-refractivity contribution in [3.63, 3.8) is 0 Å². The van der Waals surface area contributed by atoms with Crippen molar-refractivity contribution >= 4 is 0 Å². The second kappa shape index (κ2) is 5.41. The molecule has 3 rings (SSSR count). The molecule has 1 aliphatic heterocycles. The fraction of sp³-hybridized carbons (Fsp3) is 0.625. The molecule has 0 aromatic heterocycles. The van der Waals surface area contributed by atoms with Crippen LogP contribution in [0.15, 0.2) is 30.3 Å². The minimum atomic E-state index is 0.642. The van der Waals surface area contributed by atoms with Crippen LogP contribution in [0.1, 0.15) is 43.7 Å². The van der Waals surface area contributed by atoms with Crippen LogP contribution in [0, 0.1) is 5.92 Å². The quantitative estimate of drug-likeness (QED) is 0.885.